The van der Waals surface area contributed by atoms with Gasteiger partial charge >= 0.3 is 0 Å². The van der Waals surface area contributed by atoms with E-state index in [4.69, 9.17) is 9.72 Å². The summed E-state index contributed by atoms with van der Waals surface area (Å²) in [5.74, 6) is 2.15. The molecule has 2 atom stereocenters. The number of hydrogen-bond acceptors (Lipinski definition) is 7. The molecule has 2 N–H and O–H groups in total. The molecule has 9 heteroatoms. The zero-order valence-electron chi connectivity index (χ0n) is 23.4. The van der Waals surface area contributed by atoms with Crippen molar-refractivity contribution < 1.29 is 9.53 Å². The second-order valence-electron chi connectivity index (χ2n) is 10.9. The molecule has 1 aliphatic carbocycles. The summed E-state index contributed by atoms with van der Waals surface area (Å²) in [4.78, 5) is 26.0. The van der Waals surface area contributed by atoms with Crippen LogP contribution in [0.1, 0.15) is 18.0 Å². The van der Waals surface area contributed by atoms with Gasteiger partial charge in [0, 0.05) is 67.0 Å². The smallest absolute Gasteiger partial charge is 0.247 e. The van der Waals surface area contributed by atoms with E-state index in [-0.39, 0.29) is 5.91 Å². The number of likely N-dealkylation sites (N-methyl/N-ethyl adjacent to an activating group) is 2. The minimum absolute atomic E-state index is 0.288. The average Bonchev–Trinajstić information content (AvgIpc) is 3.51. The van der Waals surface area contributed by atoms with Crippen molar-refractivity contribution in [1.82, 2.24) is 19.4 Å². The van der Waals surface area contributed by atoms with E-state index in [0.717, 1.165) is 36.9 Å². The van der Waals surface area contributed by atoms with Crippen molar-refractivity contribution in [1.29, 1.82) is 0 Å². The third kappa shape index (κ3) is 4.66. The number of nitrogens with one attached hydrogen (secondary N) is 2. The van der Waals surface area contributed by atoms with Crippen LogP contribution in [0, 0.1) is 5.92 Å². The number of para-hydroxylation sites is 1. The van der Waals surface area contributed by atoms with Crippen molar-refractivity contribution in [2.45, 2.75) is 18.9 Å². The van der Waals surface area contributed by atoms with Gasteiger partial charge in [0.05, 0.1) is 29.9 Å². The number of rotatable bonds is 10. The number of aromatic nitrogens is 3. The first-order chi connectivity index (χ1) is 19.4. The van der Waals surface area contributed by atoms with Gasteiger partial charge in [-0.1, -0.05) is 24.8 Å². The highest BCUT2D eigenvalue weighted by Gasteiger charge is 2.48. The van der Waals surface area contributed by atoms with Crippen LogP contribution in [-0.4, -0.2) is 66.7 Å². The highest BCUT2D eigenvalue weighted by molar-refractivity contribution is 6.02. The quantitative estimate of drug-likeness (QED) is 0.273. The Morgan fingerprint density at radius 1 is 1.18 bits per heavy atom. The normalized spacial score (nSPS) is 16.9. The van der Waals surface area contributed by atoms with Crippen LogP contribution >= 0.6 is 0 Å². The molecule has 6 rings (SSSR count). The number of benzene rings is 2. The monoisotopic (exact) mass is 537 g/mol. The summed E-state index contributed by atoms with van der Waals surface area (Å²) in [6.07, 6.45) is 4.31. The van der Waals surface area contributed by atoms with E-state index >= 15 is 0 Å². The van der Waals surface area contributed by atoms with Crippen molar-refractivity contribution in [2.75, 3.05) is 56.9 Å². The Morgan fingerprint density at radius 3 is 2.77 bits per heavy atom. The van der Waals surface area contributed by atoms with Gasteiger partial charge in [-0.15, -0.1) is 0 Å². The second kappa shape index (κ2) is 10.3. The minimum atomic E-state index is -0.288. The maximum Gasteiger partial charge on any atom is 0.247 e. The molecule has 0 saturated heterocycles. The summed E-state index contributed by atoms with van der Waals surface area (Å²) >= 11 is 0. The molecule has 206 valence electrons. The zero-order chi connectivity index (χ0) is 28.0. The largest absolute Gasteiger partial charge is 0.494 e. The fraction of sp³-hybridized carbons (Fsp3) is 0.323. The van der Waals surface area contributed by atoms with E-state index in [1.807, 2.05) is 39.3 Å². The van der Waals surface area contributed by atoms with E-state index in [1.54, 1.807) is 13.3 Å². The molecule has 1 fully saturated rings. The fourth-order valence-electron chi connectivity index (χ4n) is 5.78. The van der Waals surface area contributed by atoms with Crippen molar-refractivity contribution in [3.63, 3.8) is 0 Å². The van der Waals surface area contributed by atoms with E-state index in [9.17, 15) is 4.79 Å². The molecule has 1 aliphatic heterocycles. The van der Waals surface area contributed by atoms with E-state index in [1.165, 1.54) is 34.7 Å². The third-order valence-corrected chi connectivity index (χ3v) is 7.92. The molecule has 1 amide bonds. The first kappa shape index (κ1) is 25.9. The summed E-state index contributed by atoms with van der Waals surface area (Å²) in [6.45, 7) is 6.32. The molecule has 2 unspecified atom stereocenters. The van der Waals surface area contributed by atoms with Gasteiger partial charge in [0.25, 0.3) is 0 Å². The molecule has 2 aromatic heterocycles. The Labute approximate surface area is 234 Å². The topological polar surface area (TPSA) is 87.5 Å². The van der Waals surface area contributed by atoms with Gasteiger partial charge in [-0.25, -0.2) is 9.97 Å². The molecule has 3 heterocycles. The van der Waals surface area contributed by atoms with Gasteiger partial charge in [-0.05, 0) is 50.7 Å². The molecule has 40 heavy (non-hydrogen) atoms. The lowest BCUT2D eigenvalue weighted by atomic mass is 10.0. The van der Waals surface area contributed by atoms with Crippen molar-refractivity contribution in [2.24, 2.45) is 5.92 Å². The standard InChI is InChI=1S/C31H35N7O2/c1-6-28(39)33-23-16-24(27(40-5)17-26(23)37(4)14-13-36(2)3)35-31-32-12-11-22(34-31)29-20-9-7-8-10-25(20)38-18-19-15-21(19)30(29)38/h6-12,16-17,19,21H,1,13-15,18H2,2-5H3,(H,33,39)(H,32,34,35). The Morgan fingerprint density at radius 2 is 2.00 bits per heavy atom. The van der Waals surface area contributed by atoms with Crippen LogP contribution < -0.4 is 20.3 Å². The highest BCUT2D eigenvalue weighted by atomic mass is 16.5. The van der Waals surface area contributed by atoms with Crippen LogP contribution in [0.15, 0.2) is 61.3 Å². The molecule has 0 radical (unpaired) electrons. The molecular weight excluding hydrogens is 502 g/mol. The maximum absolute atomic E-state index is 12.3. The van der Waals surface area contributed by atoms with Gasteiger partial charge in [0.1, 0.15) is 5.75 Å². The van der Waals surface area contributed by atoms with Crippen LogP contribution in [0.4, 0.5) is 23.0 Å². The van der Waals surface area contributed by atoms with Gasteiger partial charge in [0.2, 0.25) is 11.9 Å². The number of carbonyl (C=O) groups excluding carboxylic acids is 1. The van der Waals surface area contributed by atoms with E-state index in [0.29, 0.717) is 29.0 Å². The SMILES string of the molecule is C=CC(=O)Nc1cc(Nc2nccc(-c3c4n(c5ccccc35)CC3CC43)n2)c(OC)cc1N(C)CCN(C)C. The summed E-state index contributed by atoms with van der Waals surface area (Å²) < 4.78 is 8.24. The first-order valence-electron chi connectivity index (χ1n) is 13.6. The van der Waals surface area contributed by atoms with Crippen LogP contribution in [0.25, 0.3) is 22.2 Å². The minimum Gasteiger partial charge on any atom is -0.494 e. The number of amides is 1. The third-order valence-electron chi connectivity index (χ3n) is 7.92. The van der Waals surface area contributed by atoms with Gasteiger partial charge in [-0.2, -0.15) is 0 Å². The van der Waals surface area contributed by atoms with Crippen molar-refractivity contribution >= 4 is 39.8 Å². The second-order valence-corrected chi connectivity index (χ2v) is 10.9. The molecule has 0 bridgehead atoms. The Kier molecular flexibility index (Phi) is 6.67. The molecule has 1 saturated carbocycles. The predicted octanol–water partition coefficient (Wildman–Crippen LogP) is 5.09. The van der Waals surface area contributed by atoms with E-state index < -0.39 is 0 Å². The van der Waals surface area contributed by atoms with Crippen molar-refractivity contribution in [3.05, 3.63) is 67.0 Å². The van der Waals surface area contributed by atoms with Gasteiger partial charge in [0.15, 0.2) is 0 Å². The fourth-order valence-corrected chi connectivity index (χ4v) is 5.78. The lowest BCUT2D eigenvalue weighted by molar-refractivity contribution is -0.111. The molecule has 2 aromatic carbocycles. The molecule has 0 spiro atoms. The van der Waals surface area contributed by atoms with Crippen LogP contribution in [-0.2, 0) is 11.3 Å². The summed E-state index contributed by atoms with van der Waals surface area (Å²) in [7, 11) is 7.69. The number of ether oxygens (including phenoxy) is 1. The number of hydrogen-bond donors (Lipinski definition) is 2. The van der Waals surface area contributed by atoms with Crippen LogP contribution in [0.2, 0.25) is 0 Å². The number of anilines is 4. The molecule has 2 aliphatic rings. The zero-order valence-corrected chi connectivity index (χ0v) is 23.4. The number of fused-ring (bicyclic) bond motifs is 5. The van der Waals surface area contributed by atoms with Crippen LogP contribution in [0.3, 0.4) is 0 Å². The Balaban J connectivity index is 1.37. The lowest BCUT2D eigenvalue weighted by Gasteiger charge is -2.26. The number of methoxy groups -OCH3 is 1. The molecular formula is C31H35N7O2. The molecule has 4 aromatic rings. The van der Waals surface area contributed by atoms with Gasteiger partial charge in [-0.3, -0.25) is 4.79 Å². The number of carbonyl (C=O) groups is 1. The average molecular weight is 538 g/mol. The highest BCUT2D eigenvalue weighted by Crippen LogP contribution is 2.58. The van der Waals surface area contributed by atoms with Crippen LogP contribution in [0.5, 0.6) is 5.75 Å². The van der Waals surface area contributed by atoms with E-state index in [2.05, 4.69) is 60.8 Å². The summed E-state index contributed by atoms with van der Waals surface area (Å²) in [5.41, 5.74) is 6.90. The number of nitrogens with zero attached hydrogens (tertiary/aromatic N) is 5. The first-order valence-corrected chi connectivity index (χ1v) is 13.6. The predicted molar refractivity (Wildman–Crippen MR) is 161 cm³/mol. The maximum atomic E-state index is 12.3. The summed E-state index contributed by atoms with van der Waals surface area (Å²) in [6, 6.07) is 14.3. The van der Waals surface area contributed by atoms with Crippen molar-refractivity contribution in [3.8, 4) is 17.0 Å². The Hall–Kier alpha value is -4.37. The van der Waals surface area contributed by atoms with Gasteiger partial charge < -0.3 is 29.7 Å². The molecule has 9 nitrogen and oxygen atoms in total. The summed E-state index contributed by atoms with van der Waals surface area (Å²) in [5, 5.41) is 7.53. The lowest BCUT2D eigenvalue weighted by Crippen LogP contribution is -2.29. The Bertz CT molecular complexity index is 1610.